The molecule has 2 heterocycles. The Morgan fingerprint density at radius 2 is 2.21 bits per heavy atom. The molecule has 132 valence electrons. The number of amidine groups is 1. The van der Waals surface area contributed by atoms with E-state index < -0.39 is 7.26 Å². The van der Waals surface area contributed by atoms with E-state index in [1.54, 1.807) is 0 Å². The number of amides is 1. The van der Waals surface area contributed by atoms with Crippen LogP contribution >= 0.6 is 23.2 Å². The number of halogens is 1. The molecule has 3 rings (SSSR count). The first-order chi connectivity index (χ1) is 11.3. The van der Waals surface area contributed by atoms with Crippen molar-refractivity contribution in [3.63, 3.8) is 0 Å². The quantitative estimate of drug-likeness (QED) is 0.744. The van der Waals surface area contributed by atoms with E-state index in [1.807, 2.05) is 18.2 Å². The summed E-state index contributed by atoms with van der Waals surface area (Å²) in [5, 5.41) is 10.1. The molecular formula is C16H23BrN3O3P. The topological polar surface area (TPSA) is 72.0 Å². The van der Waals surface area contributed by atoms with Crippen molar-refractivity contribution in [3.05, 3.63) is 28.2 Å². The van der Waals surface area contributed by atoms with E-state index in [1.165, 1.54) is 0 Å². The van der Waals surface area contributed by atoms with Gasteiger partial charge in [-0.1, -0.05) is 0 Å². The van der Waals surface area contributed by atoms with Crippen molar-refractivity contribution in [3.8, 4) is 5.75 Å². The third kappa shape index (κ3) is 3.83. The Balaban J connectivity index is 1.71. The van der Waals surface area contributed by atoms with Crippen LogP contribution in [-0.4, -0.2) is 44.3 Å². The van der Waals surface area contributed by atoms with Gasteiger partial charge in [-0.2, -0.15) is 0 Å². The Hall–Kier alpha value is -1.33. The normalized spacial score (nSPS) is 23.8. The fourth-order valence-electron chi connectivity index (χ4n) is 2.69. The van der Waals surface area contributed by atoms with Crippen molar-refractivity contribution in [2.24, 2.45) is 5.16 Å². The Morgan fingerprint density at radius 3 is 2.92 bits per heavy atom. The summed E-state index contributed by atoms with van der Waals surface area (Å²) in [6.45, 7) is 7.14. The molecule has 0 saturated carbocycles. The van der Waals surface area contributed by atoms with Gasteiger partial charge in [-0.05, 0) is 0 Å². The van der Waals surface area contributed by atoms with Crippen molar-refractivity contribution < 1.29 is 14.4 Å². The summed E-state index contributed by atoms with van der Waals surface area (Å²) >= 11 is 3.46. The summed E-state index contributed by atoms with van der Waals surface area (Å²) in [5.41, 5.74) is 0.991. The first kappa shape index (κ1) is 17.5. The van der Waals surface area contributed by atoms with Crippen molar-refractivity contribution >= 4 is 34.9 Å². The number of fused-ring (bicyclic) bond motifs is 1. The zero-order valence-corrected chi connectivity index (χ0v) is 16.6. The Bertz CT molecular complexity index is 675. The Morgan fingerprint density at radius 1 is 1.42 bits per heavy atom. The van der Waals surface area contributed by atoms with Crippen LogP contribution in [0.1, 0.15) is 24.4 Å². The predicted molar refractivity (Wildman–Crippen MR) is 101 cm³/mol. The van der Waals surface area contributed by atoms with Crippen LogP contribution in [0.25, 0.3) is 0 Å². The van der Waals surface area contributed by atoms with Crippen LogP contribution in [0.5, 0.6) is 5.75 Å². The van der Waals surface area contributed by atoms with Crippen molar-refractivity contribution in [1.82, 2.24) is 10.6 Å². The van der Waals surface area contributed by atoms with Gasteiger partial charge in [-0.25, -0.2) is 0 Å². The second kappa shape index (κ2) is 6.89. The summed E-state index contributed by atoms with van der Waals surface area (Å²) in [7, 11) is -1.59. The van der Waals surface area contributed by atoms with Crippen LogP contribution in [0.4, 0.5) is 0 Å². The van der Waals surface area contributed by atoms with E-state index >= 15 is 0 Å². The molecule has 24 heavy (non-hydrogen) atoms. The zero-order valence-electron chi connectivity index (χ0n) is 14.1. The number of rotatable bonds is 3. The van der Waals surface area contributed by atoms with E-state index in [9.17, 15) is 4.79 Å². The average Bonchev–Trinajstić information content (AvgIpc) is 2.93. The van der Waals surface area contributed by atoms with Crippen LogP contribution in [-0.2, 0) is 9.63 Å². The van der Waals surface area contributed by atoms with E-state index in [0.29, 0.717) is 6.61 Å². The van der Waals surface area contributed by atoms with Crippen LogP contribution in [0.2, 0.25) is 0 Å². The molecule has 2 atom stereocenters. The van der Waals surface area contributed by atoms with E-state index in [0.717, 1.165) is 28.6 Å². The maximum absolute atomic E-state index is 12.6. The molecule has 0 radical (unpaired) electrons. The third-order valence-electron chi connectivity index (χ3n) is 4.07. The minimum atomic E-state index is -1.59. The monoisotopic (exact) mass is 415 g/mol. The van der Waals surface area contributed by atoms with Crippen molar-refractivity contribution in [2.45, 2.75) is 24.9 Å². The number of benzene rings is 1. The molecule has 2 unspecified atom stereocenters. The standard InChI is InChI=1S/C16H23BrN3O3P/c1-24(2,3)16-19-14(20-23-16)15(21)18-12-5-4-8-22-13-9-10(17)6-7-11(12)13/h6-7,9,12,16,24H,4-5,8H2,1-3H3,(H,18,21)(H,19,20). The second-order valence-electron chi connectivity index (χ2n) is 7.13. The Kier molecular flexibility index (Phi) is 5.02. The number of carbonyl (C=O) groups is 1. The zero-order chi connectivity index (χ0) is 17.3. The number of hydrogen-bond acceptors (Lipinski definition) is 5. The number of nitrogens with zero attached hydrogens (tertiary/aromatic N) is 1. The molecule has 2 aliphatic rings. The predicted octanol–water partition coefficient (Wildman–Crippen LogP) is 2.64. The average molecular weight is 416 g/mol. The molecule has 8 heteroatoms. The number of hydrogen-bond donors (Lipinski definition) is 2. The van der Waals surface area contributed by atoms with E-state index in [-0.39, 0.29) is 23.8 Å². The molecule has 0 aliphatic carbocycles. The van der Waals surface area contributed by atoms with E-state index in [4.69, 9.17) is 9.57 Å². The van der Waals surface area contributed by atoms with Gasteiger partial charge in [0.1, 0.15) is 0 Å². The summed E-state index contributed by atoms with van der Waals surface area (Å²) in [4.78, 5) is 18.0. The van der Waals surface area contributed by atoms with E-state index in [2.05, 4.69) is 51.7 Å². The van der Waals surface area contributed by atoms with Gasteiger partial charge in [-0.15, -0.1) is 0 Å². The molecule has 1 aromatic carbocycles. The molecule has 0 saturated heterocycles. The molecule has 1 aromatic rings. The maximum atomic E-state index is 12.6. The SMILES string of the molecule is C[PH](C)(C)C1NC(C(=O)NC2CCCOc3cc(Br)ccc32)=NO1. The van der Waals surface area contributed by atoms with Crippen LogP contribution in [0.15, 0.2) is 27.8 Å². The van der Waals surface area contributed by atoms with Gasteiger partial charge in [0.2, 0.25) is 0 Å². The number of nitrogens with one attached hydrogen (secondary N) is 2. The second-order valence-corrected chi connectivity index (χ2v) is 13.3. The molecule has 0 bridgehead atoms. The van der Waals surface area contributed by atoms with Gasteiger partial charge in [0.15, 0.2) is 0 Å². The molecule has 0 fully saturated rings. The molecule has 2 aliphatic heterocycles. The van der Waals surface area contributed by atoms with Crippen LogP contribution in [0.3, 0.4) is 0 Å². The Labute approximate surface area is 150 Å². The summed E-state index contributed by atoms with van der Waals surface area (Å²) < 4.78 is 6.74. The molecule has 6 nitrogen and oxygen atoms in total. The van der Waals surface area contributed by atoms with Crippen LogP contribution in [0, 0.1) is 0 Å². The van der Waals surface area contributed by atoms with Gasteiger partial charge in [0.25, 0.3) is 0 Å². The first-order valence-electron chi connectivity index (χ1n) is 8.08. The van der Waals surface area contributed by atoms with Crippen LogP contribution < -0.4 is 15.4 Å². The summed E-state index contributed by atoms with van der Waals surface area (Å²) in [6, 6.07) is 5.79. The van der Waals surface area contributed by atoms with Crippen molar-refractivity contribution in [2.75, 3.05) is 26.6 Å². The summed E-state index contributed by atoms with van der Waals surface area (Å²) in [5.74, 6) is 0.659. The van der Waals surface area contributed by atoms with Gasteiger partial charge in [0, 0.05) is 0 Å². The fraction of sp³-hybridized carbons (Fsp3) is 0.500. The molecule has 2 N–H and O–H groups in total. The number of oxime groups is 1. The van der Waals surface area contributed by atoms with Gasteiger partial charge >= 0.3 is 151 Å². The van der Waals surface area contributed by atoms with Gasteiger partial charge < -0.3 is 0 Å². The summed E-state index contributed by atoms with van der Waals surface area (Å²) in [6.07, 6.45) is 1.71. The minimum absolute atomic E-state index is 0.0986. The third-order valence-corrected chi connectivity index (χ3v) is 6.39. The number of carbonyl (C=O) groups excluding carboxylic acids is 1. The van der Waals surface area contributed by atoms with Gasteiger partial charge in [-0.3, -0.25) is 0 Å². The first-order valence-corrected chi connectivity index (χ1v) is 12.4. The molecule has 0 aromatic heterocycles. The molecule has 0 spiro atoms. The molecule has 1 amide bonds. The molecular weight excluding hydrogens is 393 g/mol. The van der Waals surface area contributed by atoms with Crippen molar-refractivity contribution in [1.29, 1.82) is 0 Å². The fourth-order valence-corrected chi connectivity index (χ4v) is 3.97. The van der Waals surface area contributed by atoms with Gasteiger partial charge in [0.05, 0.1) is 0 Å². The number of ether oxygens (including phenoxy) is 1.